The Morgan fingerprint density at radius 3 is 2.79 bits per heavy atom. The highest BCUT2D eigenvalue weighted by atomic mass is 79.9. The predicted molar refractivity (Wildman–Crippen MR) is 100 cm³/mol. The molecule has 1 aliphatic heterocycles. The first-order chi connectivity index (χ1) is 11.4. The highest BCUT2D eigenvalue weighted by Crippen LogP contribution is 2.23. The smallest absolute Gasteiger partial charge is 0.240 e. The van der Waals surface area contributed by atoms with Crippen molar-refractivity contribution in [1.82, 2.24) is 9.62 Å². The second-order valence-corrected chi connectivity index (χ2v) is 8.26. The van der Waals surface area contributed by atoms with Crippen LogP contribution in [0.2, 0.25) is 5.02 Å². The Balaban J connectivity index is 2.03. The van der Waals surface area contributed by atoms with Crippen LogP contribution in [0.4, 0.5) is 0 Å². The summed E-state index contributed by atoms with van der Waals surface area (Å²) < 4.78 is 23.7. The Bertz CT molecular complexity index is 609. The molecule has 0 radical (unpaired) electrons. The molecule has 1 aromatic carbocycles. The monoisotopic (exact) mass is 436 g/mol. The summed E-state index contributed by atoms with van der Waals surface area (Å²) in [4.78, 5) is 14.5. The number of nitrogens with one attached hydrogen (secondary N) is 1. The lowest BCUT2D eigenvalue weighted by Gasteiger charge is -2.33. The summed E-state index contributed by atoms with van der Waals surface area (Å²) in [6, 6.07) is 4.85. The molecule has 8 heteroatoms. The molecular formula is C16H22BrClN2O3S. The van der Waals surface area contributed by atoms with E-state index in [1.54, 1.807) is 11.0 Å². The fourth-order valence-corrected chi connectivity index (χ4v) is 3.92. The van der Waals surface area contributed by atoms with Crippen molar-refractivity contribution in [3.8, 4) is 0 Å². The largest absolute Gasteiger partial charge is 0.341 e. The van der Waals surface area contributed by atoms with Crippen LogP contribution >= 0.6 is 27.5 Å². The van der Waals surface area contributed by atoms with E-state index in [-0.39, 0.29) is 5.91 Å². The molecule has 1 heterocycles. The van der Waals surface area contributed by atoms with E-state index in [9.17, 15) is 9.00 Å². The van der Waals surface area contributed by atoms with Crippen LogP contribution in [-0.4, -0.2) is 38.7 Å². The first-order valence-electron chi connectivity index (χ1n) is 7.96. The lowest BCUT2D eigenvalue weighted by molar-refractivity contribution is -0.134. The first kappa shape index (κ1) is 19.8. The number of rotatable bonds is 6. The molecule has 0 aliphatic carbocycles. The summed E-state index contributed by atoms with van der Waals surface area (Å²) in [6.07, 6.45) is 2.90. The van der Waals surface area contributed by atoms with Gasteiger partial charge in [-0.1, -0.05) is 34.5 Å². The second-order valence-electron chi connectivity index (χ2n) is 6.20. The van der Waals surface area contributed by atoms with Gasteiger partial charge in [0.05, 0.1) is 0 Å². The SMILES string of the molecule is CC1CCN(C(=O)C(CCc2cc(Br)ccc2Cl)NS(=O)O)CC1. The van der Waals surface area contributed by atoms with Crippen LogP contribution in [0, 0.1) is 5.92 Å². The van der Waals surface area contributed by atoms with E-state index in [1.165, 1.54) is 0 Å². The van der Waals surface area contributed by atoms with Gasteiger partial charge < -0.3 is 4.90 Å². The Hall–Kier alpha value is -0.470. The molecule has 2 N–H and O–H groups in total. The molecular weight excluding hydrogens is 416 g/mol. The quantitative estimate of drug-likeness (QED) is 0.670. The van der Waals surface area contributed by atoms with Crippen molar-refractivity contribution >= 4 is 44.7 Å². The van der Waals surface area contributed by atoms with Gasteiger partial charge in [-0.05, 0) is 55.4 Å². The van der Waals surface area contributed by atoms with Gasteiger partial charge in [0.2, 0.25) is 17.2 Å². The molecule has 0 saturated carbocycles. The molecule has 5 nitrogen and oxygen atoms in total. The number of benzene rings is 1. The maximum Gasteiger partial charge on any atom is 0.240 e. The standard InChI is InChI=1S/C16H22BrClN2O3S/c1-11-6-8-20(9-7-11)16(21)15(19-24(22)23)5-2-12-10-13(17)3-4-14(12)18/h3-4,10-11,15,19H,2,5-9H2,1H3,(H,22,23). The van der Waals surface area contributed by atoms with Crippen molar-refractivity contribution in [3.63, 3.8) is 0 Å². The second kappa shape index (κ2) is 9.29. The van der Waals surface area contributed by atoms with Crippen LogP contribution in [0.1, 0.15) is 31.7 Å². The molecule has 2 atom stereocenters. The summed E-state index contributed by atoms with van der Waals surface area (Å²) in [5, 5.41) is 0.626. The van der Waals surface area contributed by atoms with Crippen LogP contribution in [0.25, 0.3) is 0 Å². The summed E-state index contributed by atoms with van der Waals surface area (Å²) in [5.74, 6) is 0.503. The number of carbonyl (C=O) groups is 1. The third kappa shape index (κ3) is 5.81. The zero-order valence-corrected chi connectivity index (χ0v) is 16.7. The Morgan fingerprint density at radius 1 is 1.50 bits per heavy atom. The molecule has 0 spiro atoms. The van der Waals surface area contributed by atoms with Crippen LogP contribution in [0.5, 0.6) is 0 Å². The molecule has 1 fully saturated rings. The number of piperidine rings is 1. The van der Waals surface area contributed by atoms with Crippen molar-refractivity contribution < 1.29 is 13.6 Å². The lowest BCUT2D eigenvalue weighted by atomic mass is 9.98. The van der Waals surface area contributed by atoms with Gasteiger partial charge in [0, 0.05) is 22.6 Å². The van der Waals surface area contributed by atoms with Crippen molar-refractivity contribution in [2.24, 2.45) is 5.92 Å². The highest BCUT2D eigenvalue weighted by molar-refractivity contribution is 9.10. The predicted octanol–water partition coefficient (Wildman–Crippen LogP) is 3.39. The summed E-state index contributed by atoms with van der Waals surface area (Å²) in [5.41, 5.74) is 0.904. The normalized spacial score (nSPS) is 18.4. The maximum atomic E-state index is 12.7. The van der Waals surface area contributed by atoms with Gasteiger partial charge in [-0.3, -0.25) is 9.35 Å². The molecule has 24 heavy (non-hydrogen) atoms. The summed E-state index contributed by atoms with van der Waals surface area (Å²) >= 11 is 7.35. The minimum Gasteiger partial charge on any atom is -0.341 e. The number of carbonyl (C=O) groups excluding carboxylic acids is 1. The van der Waals surface area contributed by atoms with Crippen molar-refractivity contribution in [3.05, 3.63) is 33.3 Å². The number of aryl methyl sites for hydroxylation is 1. The molecule has 2 rings (SSSR count). The molecule has 1 aromatic rings. The van der Waals surface area contributed by atoms with Crippen molar-refractivity contribution in [2.45, 2.75) is 38.6 Å². The van der Waals surface area contributed by atoms with Gasteiger partial charge in [-0.2, -0.15) is 0 Å². The van der Waals surface area contributed by atoms with E-state index in [0.29, 0.717) is 36.9 Å². The Morgan fingerprint density at radius 2 is 2.17 bits per heavy atom. The van der Waals surface area contributed by atoms with Gasteiger partial charge in [-0.15, -0.1) is 0 Å². The Labute approximate surface area is 158 Å². The third-order valence-corrected chi connectivity index (χ3v) is 5.69. The summed E-state index contributed by atoms with van der Waals surface area (Å²) in [7, 11) is 0. The summed E-state index contributed by atoms with van der Waals surface area (Å²) in [6.45, 7) is 3.58. The third-order valence-electron chi connectivity index (χ3n) is 4.35. The lowest BCUT2D eigenvalue weighted by Crippen LogP contribution is -2.49. The molecule has 1 aliphatic rings. The van der Waals surface area contributed by atoms with Gasteiger partial charge >= 0.3 is 0 Å². The topological polar surface area (TPSA) is 69.6 Å². The molecule has 1 amide bonds. The van der Waals surface area contributed by atoms with E-state index in [2.05, 4.69) is 27.6 Å². The molecule has 134 valence electrons. The van der Waals surface area contributed by atoms with Gasteiger partial charge in [-0.25, -0.2) is 8.93 Å². The molecule has 1 saturated heterocycles. The fraction of sp³-hybridized carbons (Fsp3) is 0.562. The number of hydrogen-bond acceptors (Lipinski definition) is 2. The molecule has 2 unspecified atom stereocenters. The number of halogens is 2. The van der Waals surface area contributed by atoms with Gasteiger partial charge in [0.25, 0.3) is 0 Å². The fourth-order valence-electron chi connectivity index (χ4n) is 2.84. The number of hydrogen-bond donors (Lipinski definition) is 2. The van der Waals surface area contributed by atoms with Gasteiger partial charge in [0.15, 0.2) is 0 Å². The maximum absolute atomic E-state index is 12.7. The number of likely N-dealkylation sites (tertiary alicyclic amines) is 1. The molecule has 0 bridgehead atoms. The van der Waals surface area contributed by atoms with Crippen LogP contribution in [0.15, 0.2) is 22.7 Å². The van der Waals surface area contributed by atoms with Crippen molar-refractivity contribution in [2.75, 3.05) is 13.1 Å². The number of nitrogens with zero attached hydrogens (tertiary/aromatic N) is 1. The van der Waals surface area contributed by atoms with Crippen molar-refractivity contribution in [1.29, 1.82) is 0 Å². The first-order valence-corrected chi connectivity index (χ1v) is 10.2. The average molecular weight is 438 g/mol. The van der Waals surface area contributed by atoms with E-state index in [0.717, 1.165) is 22.9 Å². The zero-order valence-electron chi connectivity index (χ0n) is 13.5. The number of amides is 1. The van der Waals surface area contributed by atoms with E-state index < -0.39 is 17.3 Å². The van der Waals surface area contributed by atoms with E-state index in [4.69, 9.17) is 16.2 Å². The zero-order chi connectivity index (χ0) is 17.7. The average Bonchev–Trinajstić information content (AvgIpc) is 2.54. The van der Waals surface area contributed by atoms with Crippen LogP contribution in [-0.2, 0) is 22.5 Å². The Kier molecular flexibility index (Phi) is 7.68. The van der Waals surface area contributed by atoms with E-state index in [1.807, 2.05) is 12.1 Å². The highest BCUT2D eigenvalue weighted by Gasteiger charge is 2.28. The van der Waals surface area contributed by atoms with Crippen LogP contribution < -0.4 is 4.72 Å². The minimum atomic E-state index is -2.24. The van der Waals surface area contributed by atoms with Crippen LogP contribution in [0.3, 0.4) is 0 Å². The minimum absolute atomic E-state index is 0.115. The van der Waals surface area contributed by atoms with E-state index >= 15 is 0 Å². The van der Waals surface area contributed by atoms with Gasteiger partial charge in [0.1, 0.15) is 6.04 Å². The molecule has 0 aromatic heterocycles.